The standard InChI is InChI=1S/C19H18O5/c1-3-16(19(21)22-4-2)23-12-9-10-14-13-7-5-6-8-15(13)18(20)24-17(14)11-12/h5-11,16H,3-4H2,1-2H3/t16-/m0/s1. The summed E-state index contributed by atoms with van der Waals surface area (Å²) in [5, 5.41) is 2.19. The monoisotopic (exact) mass is 326 g/mol. The molecule has 5 heteroatoms. The lowest BCUT2D eigenvalue weighted by Crippen LogP contribution is -2.28. The molecule has 0 saturated carbocycles. The van der Waals surface area contributed by atoms with E-state index in [1.165, 1.54) is 0 Å². The molecular weight excluding hydrogens is 308 g/mol. The van der Waals surface area contributed by atoms with E-state index < -0.39 is 17.7 Å². The molecule has 2 aromatic carbocycles. The van der Waals surface area contributed by atoms with Gasteiger partial charge in [-0.15, -0.1) is 0 Å². The molecule has 0 spiro atoms. The van der Waals surface area contributed by atoms with Crippen LogP contribution in [0.3, 0.4) is 0 Å². The fourth-order valence-corrected chi connectivity index (χ4v) is 2.63. The Labute approximate surface area is 138 Å². The van der Waals surface area contributed by atoms with Crippen LogP contribution in [0.4, 0.5) is 0 Å². The second kappa shape index (κ2) is 6.74. The number of carbonyl (C=O) groups excluding carboxylic acids is 1. The lowest BCUT2D eigenvalue weighted by molar-refractivity contribution is -0.151. The Hall–Kier alpha value is -2.82. The lowest BCUT2D eigenvalue weighted by atomic mass is 10.1. The molecule has 0 radical (unpaired) electrons. The van der Waals surface area contributed by atoms with Crippen molar-refractivity contribution in [2.75, 3.05) is 6.61 Å². The molecule has 5 nitrogen and oxygen atoms in total. The number of carbonyl (C=O) groups is 1. The molecule has 0 aliphatic heterocycles. The fraction of sp³-hybridized carbons (Fsp3) is 0.263. The average Bonchev–Trinajstić information content (AvgIpc) is 2.60. The van der Waals surface area contributed by atoms with Crippen LogP contribution in [0, 0.1) is 0 Å². The van der Waals surface area contributed by atoms with Gasteiger partial charge in [0.05, 0.1) is 12.0 Å². The van der Waals surface area contributed by atoms with Crippen molar-refractivity contribution in [1.82, 2.24) is 0 Å². The van der Waals surface area contributed by atoms with E-state index in [9.17, 15) is 9.59 Å². The summed E-state index contributed by atoms with van der Waals surface area (Å²) in [5.74, 6) is 0.0564. The number of ether oxygens (including phenoxy) is 2. The highest BCUT2D eigenvalue weighted by Gasteiger charge is 2.20. The Morgan fingerprint density at radius 1 is 1.08 bits per heavy atom. The Morgan fingerprint density at radius 3 is 2.54 bits per heavy atom. The van der Waals surface area contributed by atoms with Gasteiger partial charge in [-0.3, -0.25) is 0 Å². The zero-order chi connectivity index (χ0) is 17.1. The van der Waals surface area contributed by atoms with Gasteiger partial charge in [0.1, 0.15) is 11.3 Å². The van der Waals surface area contributed by atoms with E-state index in [-0.39, 0.29) is 0 Å². The molecule has 0 unspecified atom stereocenters. The van der Waals surface area contributed by atoms with Crippen LogP contribution in [-0.2, 0) is 9.53 Å². The molecule has 0 fully saturated rings. The van der Waals surface area contributed by atoms with Crippen molar-refractivity contribution in [2.24, 2.45) is 0 Å². The number of hydrogen-bond donors (Lipinski definition) is 0. The summed E-state index contributed by atoms with van der Waals surface area (Å²) < 4.78 is 16.1. The van der Waals surface area contributed by atoms with Gasteiger partial charge in [-0.1, -0.05) is 25.1 Å². The highest BCUT2D eigenvalue weighted by Crippen LogP contribution is 2.27. The smallest absolute Gasteiger partial charge is 0.347 e. The van der Waals surface area contributed by atoms with Crippen molar-refractivity contribution < 1.29 is 18.7 Å². The summed E-state index contributed by atoms with van der Waals surface area (Å²) in [6.45, 7) is 3.90. The average molecular weight is 326 g/mol. The molecule has 1 heterocycles. The van der Waals surface area contributed by atoms with Gasteiger partial charge in [-0.25, -0.2) is 9.59 Å². The molecular formula is C19H18O5. The summed E-state index contributed by atoms with van der Waals surface area (Å²) in [4.78, 5) is 23.9. The molecule has 124 valence electrons. The number of fused-ring (bicyclic) bond motifs is 3. The Kier molecular flexibility index (Phi) is 4.51. The zero-order valence-corrected chi connectivity index (χ0v) is 13.6. The molecule has 3 rings (SSSR count). The van der Waals surface area contributed by atoms with Crippen molar-refractivity contribution in [3.05, 3.63) is 52.9 Å². The van der Waals surface area contributed by atoms with Crippen LogP contribution in [0.5, 0.6) is 5.75 Å². The van der Waals surface area contributed by atoms with E-state index in [1.54, 1.807) is 31.2 Å². The van der Waals surface area contributed by atoms with Gasteiger partial charge >= 0.3 is 11.6 Å². The van der Waals surface area contributed by atoms with Crippen LogP contribution >= 0.6 is 0 Å². The first-order valence-corrected chi connectivity index (χ1v) is 7.93. The van der Waals surface area contributed by atoms with Crippen molar-refractivity contribution >= 4 is 27.7 Å². The van der Waals surface area contributed by atoms with Crippen LogP contribution < -0.4 is 10.4 Å². The number of benzene rings is 2. The molecule has 1 atom stereocenters. The molecule has 0 amide bonds. The van der Waals surface area contributed by atoms with E-state index in [4.69, 9.17) is 13.9 Å². The van der Waals surface area contributed by atoms with E-state index in [2.05, 4.69) is 0 Å². The van der Waals surface area contributed by atoms with Gasteiger partial charge in [0.2, 0.25) is 0 Å². The predicted molar refractivity (Wildman–Crippen MR) is 91.3 cm³/mol. The van der Waals surface area contributed by atoms with E-state index in [0.29, 0.717) is 29.7 Å². The number of rotatable bonds is 5. The third kappa shape index (κ3) is 2.97. The minimum Gasteiger partial charge on any atom is -0.479 e. The largest absolute Gasteiger partial charge is 0.479 e. The maximum absolute atomic E-state index is 12.1. The second-order valence-corrected chi connectivity index (χ2v) is 5.36. The fourth-order valence-electron chi connectivity index (χ4n) is 2.63. The quantitative estimate of drug-likeness (QED) is 0.407. The van der Waals surface area contributed by atoms with Crippen LogP contribution in [0.25, 0.3) is 21.7 Å². The SMILES string of the molecule is CCOC(=O)[C@H](CC)Oc1ccc2c(c1)oc(=O)c1ccccc12. The van der Waals surface area contributed by atoms with Gasteiger partial charge in [0, 0.05) is 11.5 Å². The zero-order valence-electron chi connectivity index (χ0n) is 13.6. The van der Waals surface area contributed by atoms with Gasteiger partial charge < -0.3 is 13.9 Å². The van der Waals surface area contributed by atoms with Crippen molar-refractivity contribution in [3.63, 3.8) is 0 Å². The third-order valence-electron chi connectivity index (χ3n) is 3.79. The Morgan fingerprint density at radius 2 is 1.83 bits per heavy atom. The first-order chi connectivity index (χ1) is 11.6. The highest BCUT2D eigenvalue weighted by atomic mass is 16.6. The molecule has 0 N–H and O–H groups in total. The maximum Gasteiger partial charge on any atom is 0.347 e. The molecule has 0 aliphatic rings. The summed E-state index contributed by atoms with van der Waals surface area (Å²) in [6, 6.07) is 12.5. The highest BCUT2D eigenvalue weighted by molar-refractivity contribution is 6.04. The first kappa shape index (κ1) is 16.1. The first-order valence-electron chi connectivity index (χ1n) is 7.93. The second-order valence-electron chi connectivity index (χ2n) is 5.36. The predicted octanol–water partition coefficient (Wildman–Crippen LogP) is 3.67. The Bertz CT molecular complexity index is 941. The summed E-state index contributed by atoms with van der Waals surface area (Å²) in [5.41, 5.74) is 0.0302. The lowest BCUT2D eigenvalue weighted by Gasteiger charge is -2.16. The van der Waals surface area contributed by atoms with E-state index >= 15 is 0 Å². The number of hydrogen-bond acceptors (Lipinski definition) is 5. The van der Waals surface area contributed by atoms with Crippen molar-refractivity contribution in [2.45, 2.75) is 26.4 Å². The summed E-state index contributed by atoms with van der Waals surface area (Å²) in [6.07, 6.45) is -0.201. The van der Waals surface area contributed by atoms with E-state index in [0.717, 1.165) is 10.8 Å². The van der Waals surface area contributed by atoms with E-state index in [1.807, 2.05) is 25.1 Å². The van der Waals surface area contributed by atoms with Gasteiger partial charge in [-0.2, -0.15) is 0 Å². The minimum atomic E-state index is -0.686. The molecule has 0 saturated heterocycles. The van der Waals surface area contributed by atoms with Crippen LogP contribution in [0.1, 0.15) is 20.3 Å². The summed E-state index contributed by atoms with van der Waals surface area (Å²) in [7, 11) is 0. The van der Waals surface area contributed by atoms with Crippen molar-refractivity contribution in [1.29, 1.82) is 0 Å². The van der Waals surface area contributed by atoms with Crippen LogP contribution in [-0.4, -0.2) is 18.7 Å². The number of esters is 1. The molecule has 24 heavy (non-hydrogen) atoms. The van der Waals surface area contributed by atoms with Crippen LogP contribution in [0.2, 0.25) is 0 Å². The molecule has 0 bridgehead atoms. The molecule has 1 aromatic heterocycles. The minimum absolute atomic E-state index is 0.303. The van der Waals surface area contributed by atoms with Gasteiger partial charge in [0.25, 0.3) is 0 Å². The third-order valence-corrected chi connectivity index (χ3v) is 3.79. The van der Waals surface area contributed by atoms with Gasteiger partial charge in [0.15, 0.2) is 6.10 Å². The van der Waals surface area contributed by atoms with Crippen molar-refractivity contribution in [3.8, 4) is 5.75 Å². The Balaban J connectivity index is 2.01. The molecule has 3 aromatic rings. The molecule has 0 aliphatic carbocycles. The maximum atomic E-state index is 12.1. The summed E-state index contributed by atoms with van der Waals surface area (Å²) >= 11 is 0. The van der Waals surface area contributed by atoms with Crippen LogP contribution in [0.15, 0.2) is 51.7 Å². The van der Waals surface area contributed by atoms with Gasteiger partial charge in [-0.05, 0) is 36.9 Å². The normalized spacial score (nSPS) is 12.2. The topological polar surface area (TPSA) is 65.7 Å².